The number of carbonyl (C=O) groups excluding carboxylic acids is 2. The van der Waals surface area contributed by atoms with E-state index in [1.165, 1.54) is 0 Å². The first-order valence-corrected chi connectivity index (χ1v) is 10.00. The molecule has 0 saturated heterocycles. The highest BCUT2D eigenvalue weighted by atomic mass is 79.9. The predicted octanol–water partition coefficient (Wildman–Crippen LogP) is 4.94. The SMILES string of the molecule is Cc1ccccc1CN1C(=O)COc2ccc(NC(=O)c3ccccc3Br)cc21. The number of carbonyl (C=O) groups is 2. The van der Waals surface area contributed by atoms with Crippen LogP contribution in [0.5, 0.6) is 5.75 Å². The van der Waals surface area contributed by atoms with Crippen LogP contribution in [0.15, 0.2) is 71.2 Å². The highest BCUT2D eigenvalue weighted by Gasteiger charge is 2.26. The lowest BCUT2D eigenvalue weighted by atomic mass is 10.1. The molecule has 6 heteroatoms. The molecule has 0 aliphatic carbocycles. The van der Waals surface area contributed by atoms with Gasteiger partial charge >= 0.3 is 0 Å². The van der Waals surface area contributed by atoms with Crippen LogP contribution in [-0.4, -0.2) is 18.4 Å². The van der Waals surface area contributed by atoms with Crippen molar-refractivity contribution in [3.8, 4) is 5.75 Å². The monoisotopic (exact) mass is 450 g/mol. The maximum absolute atomic E-state index is 12.6. The van der Waals surface area contributed by atoms with E-state index in [0.29, 0.717) is 29.2 Å². The number of fused-ring (bicyclic) bond motifs is 1. The van der Waals surface area contributed by atoms with Crippen LogP contribution in [0.1, 0.15) is 21.5 Å². The average Bonchev–Trinajstić information content (AvgIpc) is 2.72. The second-order valence-corrected chi connectivity index (χ2v) is 7.67. The van der Waals surface area contributed by atoms with Crippen molar-refractivity contribution >= 4 is 39.1 Å². The summed E-state index contributed by atoms with van der Waals surface area (Å²) in [5, 5.41) is 2.90. The summed E-state index contributed by atoms with van der Waals surface area (Å²) in [6.45, 7) is 2.47. The summed E-state index contributed by atoms with van der Waals surface area (Å²) < 4.78 is 6.30. The smallest absolute Gasteiger partial charge is 0.265 e. The molecule has 0 fully saturated rings. The predicted molar refractivity (Wildman–Crippen MR) is 116 cm³/mol. The van der Waals surface area contributed by atoms with Gasteiger partial charge in [0, 0.05) is 10.2 Å². The van der Waals surface area contributed by atoms with Crippen LogP contribution in [0.25, 0.3) is 0 Å². The van der Waals surface area contributed by atoms with Crippen LogP contribution >= 0.6 is 15.9 Å². The first kappa shape index (κ1) is 19.2. The van der Waals surface area contributed by atoms with Crippen molar-refractivity contribution < 1.29 is 14.3 Å². The van der Waals surface area contributed by atoms with Gasteiger partial charge in [-0.25, -0.2) is 0 Å². The summed E-state index contributed by atoms with van der Waals surface area (Å²) >= 11 is 3.40. The molecule has 3 aromatic rings. The molecule has 29 heavy (non-hydrogen) atoms. The molecular weight excluding hydrogens is 432 g/mol. The minimum atomic E-state index is -0.231. The Bertz CT molecular complexity index is 1100. The van der Waals surface area contributed by atoms with Gasteiger partial charge in [-0.3, -0.25) is 9.59 Å². The largest absolute Gasteiger partial charge is 0.482 e. The Labute approximate surface area is 177 Å². The first-order chi connectivity index (χ1) is 14.0. The number of nitrogens with zero attached hydrogens (tertiary/aromatic N) is 1. The lowest BCUT2D eigenvalue weighted by molar-refractivity contribution is -0.121. The van der Waals surface area contributed by atoms with Crippen LogP contribution in [0.3, 0.4) is 0 Å². The molecule has 146 valence electrons. The van der Waals surface area contributed by atoms with Crippen molar-refractivity contribution in [2.45, 2.75) is 13.5 Å². The Hall–Kier alpha value is -3.12. The van der Waals surface area contributed by atoms with E-state index in [4.69, 9.17) is 4.74 Å². The molecule has 3 aromatic carbocycles. The standard InChI is InChI=1S/C23H19BrN2O3/c1-15-6-2-3-7-16(15)13-26-20-12-17(10-11-21(20)29-14-22(26)27)25-23(28)18-8-4-5-9-19(18)24/h2-12H,13-14H2,1H3,(H,25,28). The van der Waals surface area contributed by atoms with Crippen LogP contribution in [0.4, 0.5) is 11.4 Å². The summed E-state index contributed by atoms with van der Waals surface area (Å²) in [5.74, 6) is 0.276. The fourth-order valence-electron chi connectivity index (χ4n) is 3.25. The van der Waals surface area contributed by atoms with Crippen LogP contribution in [-0.2, 0) is 11.3 Å². The second kappa shape index (κ2) is 8.09. The molecule has 0 bridgehead atoms. The molecule has 0 spiro atoms. The zero-order chi connectivity index (χ0) is 20.4. The number of amides is 2. The number of rotatable bonds is 4. The van der Waals surface area contributed by atoms with Crippen molar-refractivity contribution in [2.75, 3.05) is 16.8 Å². The van der Waals surface area contributed by atoms with Gasteiger partial charge in [0.25, 0.3) is 11.8 Å². The summed E-state index contributed by atoms with van der Waals surface area (Å²) in [6, 6.07) is 20.5. The van der Waals surface area contributed by atoms with Crippen LogP contribution in [0, 0.1) is 6.92 Å². The van der Waals surface area contributed by atoms with Crippen LogP contribution in [0.2, 0.25) is 0 Å². The second-order valence-electron chi connectivity index (χ2n) is 6.81. The number of ether oxygens (including phenoxy) is 1. The Morgan fingerprint density at radius 3 is 2.66 bits per heavy atom. The lowest BCUT2D eigenvalue weighted by Gasteiger charge is -2.30. The highest BCUT2D eigenvalue weighted by Crippen LogP contribution is 2.36. The zero-order valence-electron chi connectivity index (χ0n) is 15.8. The summed E-state index contributed by atoms with van der Waals surface area (Å²) in [4.78, 5) is 26.9. The number of anilines is 2. The van der Waals surface area contributed by atoms with Gasteiger partial charge in [0.15, 0.2) is 6.61 Å². The van der Waals surface area contributed by atoms with Gasteiger partial charge in [-0.15, -0.1) is 0 Å². The topological polar surface area (TPSA) is 58.6 Å². The fraction of sp³-hybridized carbons (Fsp3) is 0.130. The van der Waals surface area contributed by atoms with Gasteiger partial charge in [-0.05, 0) is 64.3 Å². The van der Waals surface area contributed by atoms with Crippen molar-refractivity contribution in [2.24, 2.45) is 0 Å². The van der Waals surface area contributed by atoms with E-state index in [2.05, 4.69) is 21.2 Å². The summed E-state index contributed by atoms with van der Waals surface area (Å²) in [5.41, 5.74) is 3.96. The first-order valence-electron chi connectivity index (χ1n) is 9.20. The van der Waals surface area contributed by atoms with Gasteiger partial charge in [-0.1, -0.05) is 36.4 Å². The van der Waals surface area contributed by atoms with E-state index in [1.807, 2.05) is 49.4 Å². The number of nitrogens with one attached hydrogen (secondary N) is 1. The van der Waals surface area contributed by atoms with Gasteiger partial charge in [0.1, 0.15) is 5.75 Å². The normalized spacial score (nSPS) is 12.9. The van der Waals surface area contributed by atoms with Crippen molar-refractivity contribution in [3.63, 3.8) is 0 Å². The van der Waals surface area contributed by atoms with E-state index in [-0.39, 0.29) is 18.4 Å². The minimum Gasteiger partial charge on any atom is -0.482 e. The zero-order valence-corrected chi connectivity index (χ0v) is 17.4. The van der Waals surface area contributed by atoms with E-state index in [0.717, 1.165) is 15.6 Å². The van der Waals surface area contributed by atoms with Gasteiger partial charge in [0.2, 0.25) is 0 Å². The summed E-state index contributed by atoms with van der Waals surface area (Å²) in [6.07, 6.45) is 0. The van der Waals surface area contributed by atoms with Crippen LogP contribution < -0.4 is 15.0 Å². The third-order valence-corrected chi connectivity index (χ3v) is 5.56. The number of halogens is 1. The van der Waals surface area contributed by atoms with E-state index < -0.39 is 0 Å². The molecule has 0 atom stereocenters. The molecule has 0 radical (unpaired) electrons. The average molecular weight is 451 g/mol. The highest BCUT2D eigenvalue weighted by molar-refractivity contribution is 9.10. The van der Waals surface area contributed by atoms with Crippen molar-refractivity contribution in [1.82, 2.24) is 0 Å². The molecule has 4 rings (SSSR count). The summed E-state index contributed by atoms with van der Waals surface area (Å²) in [7, 11) is 0. The lowest BCUT2D eigenvalue weighted by Crippen LogP contribution is -2.38. The molecule has 0 saturated carbocycles. The number of hydrogen-bond acceptors (Lipinski definition) is 3. The molecule has 0 unspecified atom stereocenters. The number of aryl methyl sites for hydroxylation is 1. The maximum atomic E-state index is 12.6. The Kier molecular flexibility index (Phi) is 5.36. The number of benzene rings is 3. The van der Waals surface area contributed by atoms with E-state index >= 15 is 0 Å². The quantitative estimate of drug-likeness (QED) is 0.612. The van der Waals surface area contributed by atoms with Gasteiger partial charge < -0.3 is 15.0 Å². The molecule has 0 aromatic heterocycles. The maximum Gasteiger partial charge on any atom is 0.265 e. The molecule has 1 N–H and O–H groups in total. The third-order valence-electron chi connectivity index (χ3n) is 4.87. The minimum absolute atomic E-state index is 0.00154. The molecule has 5 nitrogen and oxygen atoms in total. The Morgan fingerprint density at radius 2 is 1.86 bits per heavy atom. The van der Waals surface area contributed by atoms with Crippen molar-refractivity contribution in [3.05, 3.63) is 87.9 Å². The fourth-order valence-corrected chi connectivity index (χ4v) is 3.72. The molecule has 2 amide bonds. The molecule has 1 aliphatic heterocycles. The van der Waals surface area contributed by atoms with E-state index in [9.17, 15) is 9.59 Å². The molecule has 1 aliphatic rings. The molecule has 1 heterocycles. The number of hydrogen-bond donors (Lipinski definition) is 1. The van der Waals surface area contributed by atoms with Gasteiger partial charge in [-0.2, -0.15) is 0 Å². The Balaban J connectivity index is 1.63. The molecular formula is C23H19BrN2O3. The third kappa shape index (κ3) is 4.03. The Morgan fingerprint density at radius 1 is 1.10 bits per heavy atom. The van der Waals surface area contributed by atoms with Crippen molar-refractivity contribution in [1.29, 1.82) is 0 Å². The van der Waals surface area contributed by atoms with Gasteiger partial charge in [0.05, 0.1) is 17.8 Å². The van der Waals surface area contributed by atoms with E-state index in [1.54, 1.807) is 29.2 Å².